The van der Waals surface area contributed by atoms with Crippen LogP contribution >= 0.6 is 0 Å². The van der Waals surface area contributed by atoms with E-state index in [9.17, 15) is 13.6 Å². The summed E-state index contributed by atoms with van der Waals surface area (Å²) in [6, 6.07) is 4.75. The van der Waals surface area contributed by atoms with Crippen molar-refractivity contribution in [3.05, 3.63) is 42.0 Å². The van der Waals surface area contributed by atoms with E-state index in [2.05, 4.69) is 17.2 Å². The number of carbonyl (C=O) groups is 1. The molecule has 1 saturated heterocycles. The molecule has 1 aromatic rings. The van der Waals surface area contributed by atoms with Gasteiger partial charge in [-0.2, -0.15) is 0 Å². The van der Waals surface area contributed by atoms with Gasteiger partial charge in [0, 0.05) is 0 Å². The Morgan fingerprint density at radius 3 is 2.92 bits per heavy atom. The Hall–Kier alpha value is -1.07. The van der Waals surface area contributed by atoms with Gasteiger partial charge < -0.3 is 0 Å². The minimum atomic E-state index is -2.75. The van der Waals surface area contributed by atoms with E-state index >= 15 is 0 Å². The molecule has 138 valence electrons. The van der Waals surface area contributed by atoms with Crippen LogP contribution in [0.15, 0.2) is 30.9 Å². The van der Waals surface area contributed by atoms with Gasteiger partial charge in [0.1, 0.15) is 0 Å². The van der Waals surface area contributed by atoms with Gasteiger partial charge in [-0.15, -0.1) is 0 Å². The number of ether oxygens (including phenoxy) is 1. The molecule has 2 aliphatic rings. The number of carboxylic acids is 1. The molecular weight excluding hydrogens is 535 g/mol. The standard InChI is InChI=1S/C18H21F2N2O3.Tl/c1-2-14-12-5-4-11(8-21-9-16(23)24)25-17(12)13-7-10(18(19)20)3-6-15(13)22-14;/h2-3,6-7,11-12,14,17,21-22H,1,4-5,8-9H2,(H,23,24);/t11-,12+,14+,17+;/m1./s1. The zero-order valence-electron chi connectivity index (χ0n) is 14.3. The van der Waals surface area contributed by atoms with Gasteiger partial charge in [-0.25, -0.2) is 0 Å². The molecule has 3 N–H and O–H groups in total. The average molecular weight is 556 g/mol. The first kappa shape index (κ1) is 19.7. The van der Waals surface area contributed by atoms with Gasteiger partial charge in [0.25, 0.3) is 0 Å². The molecule has 0 aliphatic carbocycles. The van der Waals surface area contributed by atoms with E-state index in [1.807, 2.05) is 6.08 Å². The maximum atomic E-state index is 13.8. The molecule has 0 bridgehead atoms. The van der Waals surface area contributed by atoms with Crippen LogP contribution in [0.4, 0.5) is 14.5 Å². The fraction of sp³-hybridized carbons (Fsp3) is 0.500. The molecule has 0 saturated carbocycles. The molecule has 2 heterocycles. The van der Waals surface area contributed by atoms with Crippen molar-refractivity contribution in [1.82, 2.24) is 5.32 Å². The summed E-state index contributed by atoms with van der Waals surface area (Å²) in [5, 5.41) is 15.0. The van der Waals surface area contributed by atoms with E-state index in [0.29, 0.717) is 6.54 Å². The monoisotopic (exact) mass is 556 g/mol. The Balaban J connectivity index is 1.84. The van der Waals surface area contributed by atoms with Crippen molar-refractivity contribution >= 4 is 37.4 Å². The summed E-state index contributed by atoms with van der Waals surface area (Å²) < 4.78 is 31.2. The second-order valence-electron chi connectivity index (χ2n) is 6.78. The predicted octanol–water partition coefficient (Wildman–Crippen LogP) is 2.40. The minimum absolute atomic E-state index is 0.0182. The number of hydrogen-bond donors (Lipinski definition) is 3. The molecule has 26 heavy (non-hydrogen) atoms. The Morgan fingerprint density at radius 1 is 1.50 bits per heavy atom. The molecule has 0 aromatic heterocycles. The number of nitrogens with one attached hydrogen (secondary N) is 2. The summed E-state index contributed by atoms with van der Waals surface area (Å²) in [7, 11) is 0. The summed E-state index contributed by atoms with van der Waals surface area (Å²) in [5.74, 6) is -0.798. The summed E-state index contributed by atoms with van der Waals surface area (Å²) in [4.78, 5) is 10.7. The van der Waals surface area contributed by atoms with E-state index in [1.54, 1.807) is 12.1 Å². The average Bonchev–Trinajstić information content (AvgIpc) is 2.59. The molecule has 8 heteroatoms. The molecule has 0 amide bonds. The number of hydrogen-bond acceptors (Lipinski definition) is 4. The first-order valence-electron chi connectivity index (χ1n) is 8.57. The number of anilines is 1. The van der Waals surface area contributed by atoms with Gasteiger partial charge in [-0.05, 0) is 0 Å². The number of benzene rings is 1. The van der Waals surface area contributed by atoms with Crippen LogP contribution in [0, 0.1) is 5.92 Å². The van der Waals surface area contributed by atoms with Gasteiger partial charge in [0.15, 0.2) is 0 Å². The molecule has 1 fully saturated rings. The van der Waals surface area contributed by atoms with E-state index < -0.39 is 35.2 Å². The van der Waals surface area contributed by atoms with Crippen molar-refractivity contribution in [3.63, 3.8) is 0 Å². The topological polar surface area (TPSA) is 70.6 Å². The second kappa shape index (κ2) is 7.89. The van der Waals surface area contributed by atoms with Crippen LogP contribution in [-0.2, 0) is 13.0 Å². The second-order valence-corrected chi connectivity index (χ2v) is 9.59. The van der Waals surface area contributed by atoms with Crippen LogP contribution in [0.1, 0.15) is 30.1 Å². The number of aliphatic carboxylic acids is 1. The van der Waals surface area contributed by atoms with Crippen LogP contribution in [-0.4, -0.2) is 62.1 Å². The van der Waals surface area contributed by atoms with Crippen molar-refractivity contribution in [2.45, 2.75) is 34.6 Å². The first-order valence-corrected chi connectivity index (χ1v) is 10.8. The van der Waals surface area contributed by atoms with Crippen molar-refractivity contribution in [1.29, 1.82) is 0 Å². The molecule has 4 atom stereocenters. The zero-order chi connectivity index (χ0) is 18.9. The molecule has 0 unspecified atom stereocenters. The fourth-order valence-electron chi connectivity index (χ4n) is 3.73. The normalized spacial score (nSPS) is 27.7. The third-order valence-electron chi connectivity index (χ3n) is 4.98. The number of fused-ring (bicyclic) bond motifs is 3. The van der Waals surface area contributed by atoms with Gasteiger partial charge in [0.2, 0.25) is 0 Å². The molecular formula is C18H21F2N2O3Tl. The Bertz CT molecular complexity index is 696. The van der Waals surface area contributed by atoms with Crippen LogP contribution in [0.2, 0.25) is 0 Å². The van der Waals surface area contributed by atoms with Crippen molar-refractivity contribution in [3.8, 4) is 0 Å². The number of carboxylic acid groups (broad SMARTS) is 1. The van der Waals surface area contributed by atoms with Gasteiger partial charge in [-0.1, -0.05) is 0 Å². The fourth-order valence-corrected chi connectivity index (χ4v) is 4.42. The Morgan fingerprint density at radius 2 is 2.27 bits per heavy atom. The van der Waals surface area contributed by atoms with E-state index in [0.717, 1.165) is 24.1 Å². The van der Waals surface area contributed by atoms with Crippen LogP contribution in [0.5, 0.6) is 0 Å². The van der Waals surface area contributed by atoms with Gasteiger partial charge in [0.05, 0.1) is 0 Å². The molecule has 0 radical (unpaired) electrons. The summed E-state index contributed by atoms with van der Waals surface area (Å²) in [6.45, 7) is 4.18. The van der Waals surface area contributed by atoms with Gasteiger partial charge in [-0.3, -0.25) is 0 Å². The SMILES string of the molecule is C=C[C@@H]1Nc2ccc([C](F)(F)[Tl])cc2[C@H]2O[C@@H](CNCC(=O)O)CC[C@@H]12. The third-order valence-corrected chi connectivity index (χ3v) is 6.27. The van der Waals surface area contributed by atoms with E-state index in [-0.39, 0.29) is 36.3 Å². The van der Waals surface area contributed by atoms with Crippen LogP contribution in [0.25, 0.3) is 0 Å². The first-order chi connectivity index (χ1) is 12.3. The Labute approximate surface area is 166 Å². The molecule has 0 spiro atoms. The molecule has 1 aromatic carbocycles. The van der Waals surface area contributed by atoms with Crippen molar-refractivity contribution in [2.75, 3.05) is 18.4 Å². The van der Waals surface area contributed by atoms with Crippen molar-refractivity contribution in [2.24, 2.45) is 5.92 Å². The van der Waals surface area contributed by atoms with E-state index in [4.69, 9.17) is 9.84 Å². The zero-order valence-corrected chi connectivity index (χ0v) is 18.7. The number of rotatable bonds is 6. The van der Waals surface area contributed by atoms with Crippen LogP contribution < -0.4 is 10.6 Å². The maximum absolute atomic E-state index is 13.8. The van der Waals surface area contributed by atoms with Crippen LogP contribution in [0.3, 0.4) is 0 Å². The van der Waals surface area contributed by atoms with E-state index in [1.165, 1.54) is 6.07 Å². The van der Waals surface area contributed by atoms with Crippen molar-refractivity contribution < 1.29 is 23.4 Å². The number of halogens is 2. The number of alkyl halides is 2. The molecule has 5 nitrogen and oxygen atoms in total. The summed E-state index contributed by atoms with van der Waals surface area (Å²) in [5.41, 5.74) is 1.59. The third kappa shape index (κ3) is 4.25. The molecule has 2 aliphatic heterocycles. The predicted molar refractivity (Wildman–Crippen MR) is 94.5 cm³/mol. The summed E-state index contributed by atoms with van der Waals surface area (Å²) >= 11 is -0.473. The molecule has 3 rings (SSSR count). The quantitative estimate of drug-likeness (QED) is 0.372. The van der Waals surface area contributed by atoms with Gasteiger partial charge >= 0.3 is 167 Å². The Kier molecular flexibility index (Phi) is 5.98. The summed E-state index contributed by atoms with van der Waals surface area (Å²) in [6.07, 6.45) is 3.04.